The van der Waals surface area contributed by atoms with E-state index in [9.17, 15) is 14.4 Å². The predicted octanol–water partition coefficient (Wildman–Crippen LogP) is 5.20. The zero-order valence-corrected chi connectivity index (χ0v) is 30.9. The van der Waals surface area contributed by atoms with E-state index in [1.807, 2.05) is 50.2 Å². The van der Waals surface area contributed by atoms with E-state index < -0.39 is 6.04 Å². The van der Waals surface area contributed by atoms with Gasteiger partial charge in [0.2, 0.25) is 11.8 Å². The number of hydrogen-bond donors (Lipinski definition) is 4. The number of nitrogens with one attached hydrogen (secondary N) is 4. The highest BCUT2D eigenvalue weighted by Gasteiger charge is 2.30. The van der Waals surface area contributed by atoms with Crippen LogP contribution in [0.2, 0.25) is 5.02 Å². The third-order valence-corrected chi connectivity index (χ3v) is 11.2. The molecule has 15 heteroatoms. The van der Waals surface area contributed by atoms with Crippen molar-refractivity contribution in [2.45, 2.75) is 58.2 Å². The summed E-state index contributed by atoms with van der Waals surface area (Å²) in [5.41, 5.74) is 3.59. The highest BCUT2D eigenvalue weighted by molar-refractivity contribution is 7.17. The number of carbonyl (C=O) groups is 3. The molecule has 3 aliphatic heterocycles. The number of para-hydroxylation sites is 2. The van der Waals surface area contributed by atoms with Gasteiger partial charge in [0.1, 0.15) is 28.4 Å². The van der Waals surface area contributed by atoms with Crippen molar-refractivity contribution < 1.29 is 14.4 Å². The van der Waals surface area contributed by atoms with Crippen molar-refractivity contribution in [3.05, 3.63) is 81.6 Å². The van der Waals surface area contributed by atoms with Gasteiger partial charge in [0.05, 0.1) is 16.9 Å². The van der Waals surface area contributed by atoms with Crippen LogP contribution in [0, 0.1) is 13.8 Å². The van der Waals surface area contributed by atoms with Crippen molar-refractivity contribution in [1.29, 1.82) is 0 Å². The molecule has 272 valence electrons. The standard InChI is InChI=1S/C37H43ClN10O3S/c1-23-6-5-8-27(38)34(23)45-36(51)30-21-39-37(52-30)43-31-20-32(41-24(2)40-31)48-14-12-26(13-15-48)47-18-16-46(17-19-47)22-25-7-3-4-9-28(25)42-29-10-11-33(49)44-35(29)50/h3-9,20-21,26,29,42H,10-19,22H2,1-2H3,(H,45,51)(H,44,49,50)(H,39,40,41,43). The van der Waals surface area contributed by atoms with Crippen LogP contribution < -0.4 is 26.2 Å². The topological polar surface area (TPSA) is 148 Å². The minimum Gasteiger partial charge on any atom is -0.373 e. The van der Waals surface area contributed by atoms with Crippen molar-refractivity contribution in [3.8, 4) is 0 Å². The van der Waals surface area contributed by atoms with Gasteiger partial charge in [-0.1, -0.05) is 53.3 Å². The maximum Gasteiger partial charge on any atom is 0.267 e. The second-order valence-electron chi connectivity index (χ2n) is 13.5. The van der Waals surface area contributed by atoms with Crippen LogP contribution in [0.5, 0.6) is 0 Å². The number of imide groups is 1. The van der Waals surface area contributed by atoms with Crippen LogP contribution in [0.3, 0.4) is 0 Å². The number of anilines is 5. The minimum atomic E-state index is -0.396. The number of amides is 3. The van der Waals surface area contributed by atoms with E-state index in [1.54, 1.807) is 12.3 Å². The summed E-state index contributed by atoms with van der Waals surface area (Å²) in [7, 11) is 0. The van der Waals surface area contributed by atoms with Gasteiger partial charge in [-0.2, -0.15) is 0 Å². The van der Waals surface area contributed by atoms with E-state index in [0.717, 1.165) is 81.3 Å². The average Bonchev–Trinajstić information content (AvgIpc) is 3.60. The van der Waals surface area contributed by atoms with E-state index >= 15 is 0 Å². The zero-order chi connectivity index (χ0) is 36.2. The van der Waals surface area contributed by atoms with Gasteiger partial charge in [-0.3, -0.25) is 29.5 Å². The molecule has 3 fully saturated rings. The van der Waals surface area contributed by atoms with Gasteiger partial charge in [-0.15, -0.1) is 0 Å². The Morgan fingerprint density at radius 3 is 2.54 bits per heavy atom. The van der Waals surface area contributed by atoms with Gasteiger partial charge in [0.15, 0.2) is 5.13 Å². The van der Waals surface area contributed by atoms with Crippen LogP contribution >= 0.6 is 22.9 Å². The van der Waals surface area contributed by atoms with Gasteiger partial charge >= 0.3 is 0 Å². The number of thiazole rings is 1. The lowest BCUT2D eigenvalue weighted by Crippen LogP contribution is -2.53. The fourth-order valence-corrected chi connectivity index (χ4v) is 8.08. The summed E-state index contributed by atoms with van der Waals surface area (Å²) in [4.78, 5) is 58.5. The quantitative estimate of drug-likeness (QED) is 0.159. The summed E-state index contributed by atoms with van der Waals surface area (Å²) >= 11 is 7.55. The molecule has 13 nitrogen and oxygen atoms in total. The Kier molecular flexibility index (Phi) is 11.0. The van der Waals surface area contributed by atoms with Crippen molar-refractivity contribution >= 4 is 68.8 Å². The molecule has 1 unspecified atom stereocenters. The number of piperidine rings is 2. The monoisotopic (exact) mass is 742 g/mol. The molecule has 5 heterocycles. The van der Waals surface area contributed by atoms with Crippen LogP contribution in [0.1, 0.15) is 52.3 Å². The largest absolute Gasteiger partial charge is 0.373 e. The number of nitrogens with zero attached hydrogens (tertiary/aromatic N) is 6. The molecular weight excluding hydrogens is 700 g/mol. The third kappa shape index (κ3) is 8.52. The van der Waals surface area contributed by atoms with Crippen LogP contribution in [0.4, 0.5) is 28.1 Å². The van der Waals surface area contributed by atoms with E-state index in [1.165, 1.54) is 11.3 Å². The van der Waals surface area contributed by atoms with Gasteiger partial charge in [-0.05, 0) is 56.4 Å². The second kappa shape index (κ2) is 15.9. The smallest absolute Gasteiger partial charge is 0.267 e. The molecule has 0 radical (unpaired) electrons. The fourth-order valence-electron chi connectivity index (χ4n) is 7.10. The maximum absolute atomic E-state index is 12.9. The lowest BCUT2D eigenvalue weighted by molar-refractivity contribution is -0.133. The van der Waals surface area contributed by atoms with Gasteiger partial charge in [0.25, 0.3) is 5.91 Å². The molecule has 0 bridgehead atoms. The Bertz CT molecular complexity index is 1920. The highest BCUT2D eigenvalue weighted by Crippen LogP contribution is 2.30. The van der Waals surface area contributed by atoms with E-state index in [4.69, 9.17) is 16.6 Å². The Morgan fingerprint density at radius 2 is 1.77 bits per heavy atom. The zero-order valence-electron chi connectivity index (χ0n) is 29.3. The first kappa shape index (κ1) is 35.8. The number of rotatable bonds is 10. The molecule has 2 aromatic heterocycles. The molecule has 3 aliphatic rings. The Balaban J connectivity index is 0.893. The van der Waals surface area contributed by atoms with Crippen molar-refractivity contribution in [2.75, 3.05) is 60.1 Å². The van der Waals surface area contributed by atoms with Crippen LogP contribution in [-0.2, 0) is 16.1 Å². The first-order valence-electron chi connectivity index (χ1n) is 17.7. The molecule has 3 saturated heterocycles. The summed E-state index contributed by atoms with van der Waals surface area (Å²) in [6, 6.07) is 15.7. The van der Waals surface area contributed by atoms with E-state index in [-0.39, 0.29) is 17.7 Å². The van der Waals surface area contributed by atoms with Crippen LogP contribution in [0.25, 0.3) is 0 Å². The molecule has 4 N–H and O–H groups in total. The summed E-state index contributed by atoms with van der Waals surface area (Å²) in [5.74, 6) is 1.45. The second-order valence-corrected chi connectivity index (χ2v) is 15.0. The van der Waals surface area contributed by atoms with Gasteiger partial charge in [-0.25, -0.2) is 15.0 Å². The minimum absolute atomic E-state index is 0.206. The molecule has 0 spiro atoms. The number of hydrogen-bond acceptors (Lipinski definition) is 12. The number of carbonyl (C=O) groups excluding carboxylic acids is 3. The molecule has 2 aromatic carbocycles. The first-order chi connectivity index (χ1) is 25.2. The summed E-state index contributed by atoms with van der Waals surface area (Å²) in [6.45, 7) is 10.4. The van der Waals surface area contributed by atoms with Crippen molar-refractivity contribution in [2.24, 2.45) is 0 Å². The van der Waals surface area contributed by atoms with E-state index in [2.05, 4.69) is 52.0 Å². The van der Waals surface area contributed by atoms with Crippen molar-refractivity contribution in [3.63, 3.8) is 0 Å². The van der Waals surface area contributed by atoms with Gasteiger partial charge in [0, 0.05) is 70.0 Å². The Morgan fingerprint density at radius 1 is 0.981 bits per heavy atom. The molecule has 4 aromatic rings. The predicted molar refractivity (Wildman–Crippen MR) is 205 cm³/mol. The molecular formula is C37H43ClN10O3S. The lowest BCUT2D eigenvalue weighted by atomic mass is 10.0. The third-order valence-electron chi connectivity index (χ3n) is 9.94. The summed E-state index contributed by atoms with van der Waals surface area (Å²) in [5, 5.41) is 13.1. The SMILES string of the molecule is Cc1nc(Nc2ncc(C(=O)Nc3c(C)cccc3Cl)s2)cc(N2CCC(N3CCN(Cc4ccccc4NC4CCC(=O)NC4=O)CC3)CC2)n1. The summed E-state index contributed by atoms with van der Waals surface area (Å²) < 4.78 is 0. The normalized spacial score (nSPS) is 19.0. The fraction of sp³-hybridized carbons (Fsp3) is 0.405. The number of aryl methyl sites for hydroxylation is 2. The van der Waals surface area contributed by atoms with E-state index in [0.29, 0.717) is 51.2 Å². The number of piperazine rings is 1. The van der Waals surface area contributed by atoms with Crippen molar-refractivity contribution in [1.82, 2.24) is 30.1 Å². The molecule has 7 rings (SSSR count). The number of halogens is 1. The highest BCUT2D eigenvalue weighted by atomic mass is 35.5. The lowest BCUT2D eigenvalue weighted by Gasteiger charge is -2.43. The van der Waals surface area contributed by atoms with Crippen LogP contribution in [0.15, 0.2) is 54.7 Å². The summed E-state index contributed by atoms with van der Waals surface area (Å²) in [6.07, 6.45) is 4.52. The Hall–Kier alpha value is -4.63. The average molecular weight is 743 g/mol. The van der Waals surface area contributed by atoms with Gasteiger partial charge < -0.3 is 20.9 Å². The Labute approximate surface area is 312 Å². The maximum atomic E-state index is 12.9. The molecule has 1 atom stereocenters. The molecule has 52 heavy (non-hydrogen) atoms. The first-order valence-corrected chi connectivity index (χ1v) is 18.9. The number of aromatic nitrogens is 3. The molecule has 3 amide bonds. The molecule has 0 saturated carbocycles. The van der Waals surface area contributed by atoms with Crippen LogP contribution in [-0.4, -0.2) is 93.8 Å². The number of benzene rings is 2. The molecule has 0 aliphatic carbocycles.